The molecule has 1 aromatic heterocycles. The number of fused-ring (bicyclic) bond motifs is 6. The van der Waals surface area contributed by atoms with Crippen LogP contribution in [0, 0.1) is 10.8 Å². The first-order valence-corrected chi connectivity index (χ1v) is 10.2. The van der Waals surface area contributed by atoms with E-state index in [4.69, 9.17) is 0 Å². The Morgan fingerprint density at radius 2 is 1.89 bits per heavy atom. The third kappa shape index (κ3) is 2.40. The number of hydrogen-bond donors (Lipinski definition) is 1. The molecule has 3 saturated carbocycles. The molecule has 5 nitrogen and oxygen atoms in total. The number of aliphatic carboxylic acids is 1. The SMILES string of the molecule is O=C(O)C12CCCC(C(=O)CC3C4=C(CCC=C4)c4cncn43)(CC1)CC2. The molecule has 5 heteroatoms. The number of carboxylic acids is 1. The Hall–Kier alpha value is -2.17. The molecular formula is C22H26N2O3. The van der Waals surface area contributed by atoms with Crippen LogP contribution in [-0.2, 0) is 9.59 Å². The van der Waals surface area contributed by atoms with Gasteiger partial charge in [-0.05, 0) is 62.5 Å². The second-order valence-corrected chi connectivity index (χ2v) is 8.92. The average molecular weight is 366 g/mol. The zero-order valence-corrected chi connectivity index (χ0v) is 15.6. The van der Waals surface area contributed by atoms with E-state index in [1.807, 2.05) is 12.5 Å². The summed E-state index contributed by atoms with van der Waals surface area (Å²) in [5.41, 5.74) is 2.91. The zero-order chi connectivity index (χ0) is 18.6. The molecule has 1 N–H and O–H groups in total. The highest BCUT2D eigenvalue weighted by Gasteiger charge is 2.52. The van der Waals surface area contributed by atoms with Crippen LogP contribution in [0.1, 0.15) is 75.9 Å². The Kier molecular flexibility index (Phi) is 3.72. The fraction of sp³-hybridized carbons (Fsp3) is 0.591. The zero-order valence-electron chi connectivity index (χ0n) is 15.6. The van der Waals surface area contributed by atoms with Crippen LogP contribution < -0.4 is 0 Å². The van der Waals surface area contributed by atoms with Gasteiger partial charge < -0.3 is 9.67 Å². The molecular weight excluding hydrogens is 340 g/mol. The van der Waals surface area contributed by atoms with Crippen LogP contribution in [0.25, 0.3) is 5.57 Å². The van der Waals surface area contributed by atoms with E-state index < -0.39 is 11.4 Å². The van der Waals surface area contributed by atoms with Gasteiger partial charge in [-0.1, -0.05) is 18.6 Å². The summed E-state index contributed by atoms with van der Waals surface area (Å²) in [6.45, 7) is 0. The topological polar surface area (TPSA) is 72.2 Å². The van der Waals surface area contributed by atoms with Gasteiger partial charge in [-0.2, -0.15) is 0 Å². The van der Waals surface area contributed by atoms with Crippen molar-refractivity contribution in [1.29, 1.82) is 0 Å². The van der Waals surface area contributed by atoms with E-state index in [0.29, 0.717) is 25.0 Å². The fourth-order valence-electron chi connectivity index (χ4n) is 6.02. The average Bonchev–Trinajstić information content (AvgIpc) is 3.12. The molecule has 0 spiro atoms. The lowest BCUT2D eigenvalue weighted by Crippen LogP contribution is -2.40. The molecule has 2 heterocycles. The molecule has 0 radical (unpaired) electrons. The normalized spacial score (nSPS) is 34.3. The molecule has 5 aliphatic rings. The van der Waals surface area contributed by atoms with Gasteiger partial charge in [0.15, 0.2) is 0 Å². The molecule has 1 aliphatic heterocycles. The van der Waals surface area contributed by atoms with Crippen LogP contribution >= 0.6 is 0 Å². The Morgan fingerprint density at radius 3 is 2.67 bits per heavy atom. The third-order valence-corrected chi connectivity index (χ3v) is 7.78. The van der Waals surface area contributed by atoms with Crippen LogP contribution in [0.2, 0.25) is 0 Å². The minimum absolute atomic E-state index is 0.0605. The smallest absolute Gasteiger partial charge is 0.309 e. The minimum atomic E-state index is -0.661. The van der Waals surface area contributed by atoms with Gasteiger partial charge in [-0.3, -0.25) is 9.59 Å². The third-order valence-electron chi connectivity index (χ3n) is 7.78. The van der Waals surface area contributed by atoms with Gasteiger partial charge in [0.25, 0.3) is 0 Å². The van der Waals surface area contributed by atoms with Crippen molar-refractivity contribution in [2.75, 3.05) is 0 Å². The van der Waals surface area contributed by atoms with Crippen LogP contribution in [-0.4, -0.2) is 26.4 Å². The van der Waals surface area contributed by atoms with Crippen LogP contribution in [0.4, 0.5) is 0 Å². The first kappa shape index (κ1) is 17.0. The number of hydrogen-bond acceptors (Lipinski definition) is 3. The van der Waals surface area contributed by atoms with Crippen molar-refractivity contribution in [3.05, 3.63) is 35.9 Å². The largest absolute Gasteiger partial charge is 0.481 e. The summed E-state index contributed by atoms with van der Waals surface area (Å²) in [6.07, 6.45) is 16.0. The van der Waals surface area contributed by atoms with Crippen molar-refractivity contribution in [3.63, 3.8) is 0 Å². The van der Waals surface area contributed by atoms with Gasteiger partial charge in [0.05, 0.1) is 29.7 Å². The number of ketones is 1. The highest BCUT2D eigenvalue weighted by molar-refractivity contribution is 5.88. The summed E-state index contributed by atoms with van der Waals surface area (Å²) in [4.78, 5) is 29.7. The van der Waals surface area contributed by atoms with Gasteiger partial charge in [0, 0.05) is 11.8 Å². The Labute approximate surface area is 159 Å². The van der Waals surface area contributed by atoms with Crippen LogP contribution in [0.5, 0.6) is 0 Å². The number of nitrogens with zero attached hydrogens (tertiary/aromatic N) is 2. The molecule has 2 bridgehead atoms. The Balaban J connectivity index is 1.41. The standard InChI is InChI=1S/C22H26N2O3/c25-19(21-6-3-7-22(10-8-21,11-9-21)20(26)27)12-17-15-4-1-2-5-16(15)18-13-23-14-24(17)18/h1,4,13-14,17H,2-3,5-12H2,(H,26,27). The van der Waals surface area contributed by atoms with Gasteiger partial charge in [0.1, 0.15) is 5.78 Å². The fourth-order valence-corrected chi connectivity index (χ4v) is 6.02. The van der Waals surface area contributed by atoms with E-state index in [1.54, 1.807) is 0 Å². The summed E-state index contributed by atoms with van der Waals surface area (Å²) in [6, 6.07) is 0.0605. The summed E-state index contributed by atoms with van der Waals surface area (Å²) >= 11 is 0. The number of carbonyl (C=O) groups is 2. The molecule has 27 heavy (non-hydrogen) atoms. The van der Waals surface area contributed by atoms with E-state index in [-0.39, 0.29) is 11.5 Å². The second-order valence-electron chi connectivity index (χ2n) is 8.92. The van der Waals surface area contributed by atoms with E-state index in [2.05, 4.69) is 21.7 Å². The number of Topliss-reactive ketones (excluding diaryl/α,β-unsaturated/α-hetero) is 1. The predicted octanol–water partition coefficient (Wildman–Crippen LogP) is 4.32. The molecule has 4 aliphatic carbocycles. The van der Waals surface area contributed by atoms with E-state index in [9.17, 15) is 14.7 Å². The van der Waals surface area contributed by atoms with Crippen molar-refractivity contribution < 1.29 is 14.7 Å². The van der Waals surface area contributed by atoms with Crippen LogP contribution in [0.15, 0.2) is 30.2 Å². The number of carboxylic acid groups (broad SMARTS) is 1. The predicted molar refractivity (Wildman–Crippen MR) is 101 cm³/mol. The molecule has 1 unspecified atom stereocenters. The Bertz CT molecular complexity index is 868. The molecule has 0 saturated heterocycles. The van der Waals surface area contributed by atoms with Gasteiger partial charge in [0.2, 0.25) is 0 Å². The maximum Gasteiger partial charge on any atom is 0.309 e. The number of rotatable bonds is 4. The highest BCUT2D eigenvalue weighted by Crippen LogP contribution is 2.56. The molecule has 0 amide bonds. The molecule has 6 rings (SSSR count). The summed E-state index contributed by atoms with van der Waals surface area (Å²) in [5, 5.41) is 9.70. The maximum atomic E-state index is 13.5. The van der Waals surface area contributed by atoms with Crippen molar-refractivity contribution in [3.8, 4) is 0 Å². The van der Waals surface area contributed by atoms with E-state index in [0.717, 1.165) is 44.9 Å². The number of aromatic nitrogens is 2. The summed E-state index contributed by atoms with van der Waals surface area (Å²) in [5.74, 6) is -0.327. The molecule has 1 atom stereocenters. The lowest BCUT2D eigenvalue weighted by molar-refractivity contribution is -0.153. The van der Waals surface area contributed by atoms with Crippen molar-refractivity contribution >= 4 is 17.3 Å². The number of carbonyl (C=O) groups excluding carboxylic acids is 1. The lowest BCUT2D eigenvalue weighted by atomic mass is 9.63. The molecule has 0 aromatic carbocycles. The van der Waals surface area contributed by atoms with Gasteiger partial charge in [-0.25, -0.2) is 4.98 Å². The van der Waals surface area contributed by atoms with E-state index in [1.165, 1.54) is 16.8 Å². The molecule has 1 aromatic rings. The minimum Gasteiger partial charge on any atom is -0.481 e. The second kappa shape index (κ2) is 5.91. The molecule has 142 valence electrons. The van der Waals surface area contributed by atoms with Gasteiger partial charge >= 0.3 is 5.97 Å². The number of allylic oxidation sites excluding steroid dienone is 4. The quantitative estimate of drug-likeness (QED) is 0.861. The number of imidazole rings is 1. The maximum absolute atomic E-state index is 13.5. The monoisotopic (exact) mass is 366 g/mol. The Morgan fingerprint density at radius 1 is 1.15 bits per heavy atom. The lowest BCUT2D eigenvalue weighted by Gasteiger charge is -2.40. The first-order chi connectivity index (χ1) is 13.0. The van der Waals surface area contributed by atoms with Crippen molar-refractivity contribution in [2.24, 2.45) is 10.8 Å². The van der Waals surface area contributed by atoms with Gasteiger partial charge in [-0.15, -0.1) is 0 Å². The molecule has 3 fully saturated rings. The van der Waals surface area contributed by atoms with Crippen molar-refractivity contribution in [1.82, 2.24) is 9.55 Å². The summed E-state index contributed by atoms with van der Waals surface area (Å²) in [7, 11) is 0. The van der Waals surface area contributed by atoms with E-state index >= 15 is 0 Å². The first-order valence-electron chi connectivity index (χ1n) is 10.2. The van der Waals surface area contributed by atoms with Crippen LogP contribution in [0.3, 0.4) is 0 Å². The highest BCUT2D eigenvalue weighted by atomic mass is 16.4. The summed E-state index contributed by atoms with van der Waals surface area (Å²) < 4.78 is 2.18. The van der Waals surface area contributed by atoms with Crippen molar-refractivity contribution in [2.45, 2.75) is 70.3 Å².